The van der Waals surface area contributed by atoms with Crippen molar-refractivity contribution >= 4 is 23.3 Å². The monoisotopic (exact) mass is 446 g/mol. The summed E-state index contributed by atoms with van der Waals surface area (Å²) in [6.45, 7) is 0.755. The number of benzene rings is 1. The molecule has 4 aromatic rings. The molecule has 32 heavy (non-hydrogen) atoms. The molecule has 0 aliphatic carbocycles. The second-order valence-corrected chi connectivity index (χ2v) is 8.48. The fourth-order valence-corrected chi connectivity index (χ4v) is 4.81. The van der Waals surface area contributed by atoms with Gasteiger partial charge >= 0.3 is 0 Å². The summed E-state index contributed by atoms with van der Waals surface area (Å²) >= 11 is 1.42. The molecule has 4 heterocycles. The highest BCUT2D eigenvalue weighted by molar-refractivity contribution is 7.99. The minimum absolute atomic E-state index is 0.0460. The van der Waals surface area contributed by atoms with Crippen LogP contribution in [0.4, 0.5) is 0 Å². The molecule has 0 radical (unpaired) electrons. The van der Waals surface area contributed by atoms with E-state index >= 15 is 0 Å². The summed E-state index contributed by atoms with van der Waals surface area (Å²) < 4.78 is 7.22. The Morgan fingerprint density at radius 2 is 2.06 bits per heavy atom. The molecule has 0 N–H and O–H groups in total. The van der Waals surface area contributed by atoms with E-state index in [9.17, 15) is 4.79 Å². The van der Waals surface area contributed by atoms with Crippen molar-refractivity contribution in [2.24, 2.45) is 0 Å². The lowest BCUT2D eigenvalue weighted by molar-refractivity contribution is -0.129. The smallest absolute Gasteiger partial charge is 0.233 e. The number of carbonyl (C=O) groups is 1. The van der Waals surface area contributed by atoms with Crippen LogP contribution in [0.3, 0.4) is 0 Å². The molecule has 8 nitrogen and oxygen atoms in total. The van der Waals surface area contributed by atoms with Crippen LogP contribution >= 0.6 is 11.8 Å². The Bertz CT molecular complexity index is 1250. The van der Waals surface area contributed by atoms with Gasteiger partial charge in [-0.15, -0.1) is 10.2 Å². The molecule has 0 unspecified atom stereocenters. The lowest BCUT2D eigenvalue weighted by Gasteiger charge is -2.26. The molecular formula is C23H22N6O2S. The number of pyridine rings is 1. The van der Waals surface area contributed by atoms with Crippen molar-refractivity contribution in [3.05, 3.63) is 66.5 Å². The predicted molar refractivity (Wildman–Crippen MR) is 121 cm³/mol. The van der Waals surface area contributed by atoms with E-state index in [1.54, 1.807) is 24.0 Å². The quantitative estimate of drug-likeness (QED) is 0.418. The second kappa shape index (κ2) is 8.96. The average Bonchev–Trinajstić information content (AvgIpc) is 3.50. The Hall–Kier alpha value is -3.46. The van der Waals surface area contributed by atoms with Gasteiger partial charge in [-0.25, -0.2) is 0 Å². The van der Waals surface area contributed by atoms with E-state index < -0.39 is 0 Å². The minimum atomic E-state index is 0.0460. The normalized spacial score (nSPS) is 15.9. The van der Waals surface area contributed by atoms with Crippen LogP contribution in [-0.4, -0.2) is 55.0 Å². The van der Waals surface area contributed by atoms with Crippen LogP contribution in [0.15, 0.2) is 66.0 Å². The van der Waals surface area contributed by atoms with Crippen molar-refractivity contribution in [2.75, 3.05) is 19.4 Å². The van der Waals surface area contributed by atoms with Gasteiger partial charge in [0.1, 0.15) is 10.8 Å². The molecule has 1 aliphatic heterocycles. The maximum Gasteiger partial charge on any atom is 0.233 e. The van der Waals surface area contributed by atoms with Gasteiger partial charge < -0.3 is 9.64 Å². The molecule has 1 aliphatic rings. The van der Waals surface area contributed by atoms with E-state index in [2.05, 4.69) is 20.3 Å². The number of hydrogen-bond donors (Lipinski definition) is 0. The number of carbonyl (C=O) groups excluding carboxylic acids is 1. The van der Waals surface area contributed by atoms with Crippen molar-refractivity contribution in [2.45, 2.75) is 23.9 Å². The molecule has 1 amide bonds. The standard InChI is InChI=1S/C23H22N6O2S/c1-31-19-9-3-2-7-17(19)18-8-5-13-28(18)22(30)15-32-21-11-10-20-25-26-23(29(20)27-21)16-6-4-12-24-14-16/h2-4,6-7,9-12,14,18H,5,8,13,15H2,1H3/t18-/m1/s1. The van der Waals surface area contributed by atoms with Gasteiger partial charge in [-0.05, 0) is 43.2 Å². The fraction of sp³-hybridized carbons (Fsp3) is 0.261. The SMILES string of the molecule is COc1ccccc1[C@H]1CCCN1C(=O)CSc1ccc2nnc(-c3cccnc3)n2n1. The summed E-state index contributed by atoms with van der Waals surface area (Å²) in [6.07, 6.45) is 5.37. The van der Waals surface area contributed by atoms with Gasteiger partial charge in [0.05, 0.1) is 18.9 Å². The first-order chi connectivity index (χ1) is 15.7. The van der Waals surface area contributed by atoms with Gasteiger partial charge in [0.15, 0.2) is 11.5 Å². The molecule has 9 heteroatoms. The van der Waals surface area contributed by atoms with Crippen LogP contribution in [0.2, 0.25) is 0 Å². The first kappa shape index (κ1) is 20.4. The van der Waals surface area contributed by atoms with E-state index in [0.29, 0.717) is 17.2 Å². The molecule has 1 saturated heterocycles. The van der Waals surface area contributed by atoms with Gasteiger partial charge in [-0.3, -0.25) is 9.78 Å². The highest BCUT2D eigenvalue weighted by atomic mass is 32.2. The van der Waals surface area contributed by atoms with Gasteiger partial charge in [0, 0.05) is 30.1 Å². The summed E-state index contributed by atoms with van der Waals surface area (Å²) in [5.74, 6) is 1.86. The third kappa shape index (κ3) is 3.91. The van der Waals surface area contributed by atoms with Crippen LogP contribution in [-0.2, 0) is 4.79 Å². The number of fused-ring (bicyclic) bond motifs is 1. The third-order valence-corrected chi connectivity index (χ3v) is 6.48. The van der Waals surface area contributed by atoms with E-state index in [1.165, 1.54) is 11.8 Å². The van der Waals surface area contributed by atoms with E-state index in [-0.39, 0.29) is 11.9 Å². The van der Waals surface area contributed by atoms with Crippen LogP contribution in [0.25, 0.3) is 17.0 Å². The number of amides is 1. The van der Waals surface area contributed by atoms with Gasteiger partial charge in [0.25, 0.3) is 0 Å². The summed E-state index contributed by atoms with van der Waals surface area (Å²) in [5.41, 5.74) is 2.55. The number of para-hydroxylation sites is 1. The number of methoxy groups -OCH3 is 1. The van der Waals surface area contributed by atoms with Crippen molar-refractivity contribution in [1.82, 2.24) is 29.7 Å². The van der Waals surface area contributed by atoms with Crippen LogP contribution in [0, 0.1) is 0 Å². The zero-order valence-corrected chi connectivity index (χ0v) is 18.4. The molecule has 1 fully saturated rings. The topological polar surface area (TPSA) is 85.5 Å². The summed E-state index contributed by atoms with van der Waals surface area (Å²) in [7, 11) is 1.67. The Morgan fingerprint density at radius 1 is 1.16 bits per heavy atom. The Balaban J connectivity index is 1.32. The number of nitrogens with zero attached hydrogens (tertiary/aromatic N) is 6. The van der Waals surface area contributed by atoms with Crippen molar-refractivity contribution in [3.63, 3.8) is 0 Å². The average molecular weight is 447 g/mol. The zero-order valence-electron chi connectivity index (χ0n) is 17.6. The molecule has 0 saturated carbocycles. The molecule has 5 rings (SSSR count). The number of aromatic nitrogens is 5. The first-order valence-corrected chi connectivity index (χ1v) is 11.4. The molecule has 1 aromatic carbocycles. The first-order valence-electron chi connectivity index (χ1n) is 10.4. The summed E-state index contributed by atoms with van der Waals surface area (Å²) in [6, 6.07) is 15.5. The molecule has 0 bridgehead atoms. The third-order valence-electron chi connectivity index (χ3n) is 5.57. The lowest BCUT2D eigenvalue weighted by atomic mass is 10.0. The summed E-state index contributed by atoms with van der Waals surface area (Å²) in [4.78, 5) is 19.2. The van der Waals surface area contributed by atoms with Gasteiger partial charge in [-0.2, -0.15) is 9.61 Å². The molecule has 0 spiro atoms. The largest absolute Gasteiger partial charge is 0.496 e. The fourth-order valence-electron chi connectivity index (χ4n) is 4.07. The van der Waals surface area contributed by atoms with Crippen LogP contribution < -0.4 is 4.74 Å². The zero-order chi connectivity index (χ0) is 21.9. The summed E-state index contributed by atoms with van der Waals surface area (Å²) in [5, 5.41) is 13.8. The Morgan fingerprint density at radius 3 is 2.91 bits per heavy atom. The second-order valence-electron chi connectivity index (χ2n) is 7.48. The maximum atomic E-state index is 13.1. The minimum Gasteiger partial charge on any atom is -0.496 e. The Labute approximate surface area is 189 Å². The molecule has 1 atom stereocenters. The lowest BCUT2D eigenvalue weighted by Crippen LogP contribution is -2.32. The van der Waals surface area contributed by atoms with Crippen LogP contribution in [0.1, 0.15) is 24.4 Å². The van der Waals surface area contributed by atoms with Gasteiger partial charge in [0.2, 0.25) is 5.91 Å². The number of rotatable bonds is 6. The van der Waals surface area contributed by atoms with Crippen molar-refractivity contribution in [3.8, 4) is 17.1 Å². The highest BCUT2D eigenvalue weighted by Gasteiger charge is 2.31. The predicted octanol–water partition coefficient (Wildman–Crippen LogP) is 3.65. The Kier molecular flexibility index (Phi) is 5.72. The number of likely N-dealkylation sites (tertiary alicyclic amines) is 1. The molecule has 3 aromatic heterocycles. The molecule has 162 valence electrons. The highest BCUT2D eigenvalue weighted by Crippen LogP contribution is 2.37. The molecular weight excluding hydrogens is 424 g/mol. The maximum absolute atomic E-state index is 13.1. The van der Waals surface area contributed by atoms with Crippen LogP contribution in [0.5, 0.6) is 5.75 Å². The van der Waals surface area contributed by atoms with E-state index in [1.807, 2.05) is 53.4 Å². The number of hydrogen-bond acceptors (Lipinski definition) is 7. The van der Waals surface area contributed by atoms with Crippen molar-refractivity contribution < 1.29 is 9.53 Å². The number of thioether (sulfide) groups is 1. The van der Waals surface area contributed by atoms with Crippen molar-refractivity contribution in [1.29, 1.82) is 0 Å². The van der Waals surface area contributed by atoms with E-state index in [4.69, 9.17) is 4.74 Å². The van der Waals surface area contributed by atoms with E-state index in [0.717, 1.165) is 41.3 Å². The number of ether oxygens (including phenoxy) is 1. The van der Waals surface area contributed by atoms with Gasteiger partial charge in [-0.1, -0.05) is 30.0 Å².